The van der Waals surface area contributed by atoms with Gasteiger partial charge in [0.1, 0.15) is 0 Å². The molecule has 0 aliphatic heterocycles. The van der Waals surface area contributed by atoms with E-state index in [-0.39, 0.29) is 0 Å². The van der Waals surface area contributed by atoms with Crippen LogP contribution in [0.25, 0.3) is 9.40 Å². The first kappa shape index (κ1) is 7.77. The lowest BCUT2D eigenvalue weighted by Gasteiger charge is -1.81. The fourth-order valence-electron chi connectivity index (χ4n) is 1.07. The van der Waals surface area contributed by atoms with E-state index in [2.05, 4.69) is 35.2 Å². The molecule has 2 rings (SSSR count). The molecular weight excluding hydrogens is 240 g/mol. The Morgan fingerprint density at radius 3 is 2.64 bits per heavy atom. The van der Waals surface area contributed by atoms with Gasteiger partial charge < -0.3 is 0 Å². The molecular formula is C8H7BrS2. The number of aryl methyl sites for hydroxylation is 2. The summed E-state index contributed by atoms with van der Waals surface area (Å²) in [6.07, 6.45) is 0. The van der Waals surface area contributed by atoms with Crippen LogP contribution in [-0.4, -0.2) is 0 Å². The minimum absolute atomic E-state index is 1.28. The van der Waals surface area contributed by atoms with Gasteiger partial charge in [0.05, 0.1) is 3.79 Å². The van der Waals surface area contributed by atoms with Crippen LogP contribution in [0.5, 0.6) is 0 Å². The summed E-state index contributed by atoms with van der Waals surface area (Å²) in [5.74, 6) is 0. The van der Waals surface area contributed by atoms with Crippen LogP contribution in [0, 0.1) is 13.8 Å². The van der Waals surface area contributed by atoms with Gasteiger partial charge in [-0.25, -0.2) is 0 Å². The smallest absolute Gasteiger partial charge is 0.0748 e. The molecule has 58 valence electrons. The summed E-state index contributed by atoms with van der Waals surface area (Å²) in [6.45, 7) is 4.33. The predicted octanol–water partition coefficient (Wildman–Crippen LogP) is 4.34. The molecule has 2 aromatic rings. The van der Waals surface area contributed by atoms with Crippen molar-refractivity contribution in [2.45, 2.75) is 13.8 Å². The van der Waals surface area contributed by atoms with Crippen LogP contribution in [0.15, 0.2) is 9.17 Å². The molecule has 0 bridgehead atoms. The second-order valence-electron chi connectivity index (χ2n) is 2.58. The van der Waals surface area contributed by atoms with Crippen LogP contribution >= 0.6 is 38.6 Å². The molecule has 0 aromatic carbocycles. The van der Waals surface area contributed by atoms with Crippen LogP contribution < -0.4 is 0 Å². The Hall–Kier alpha value is 0.140. The summed E-state index contributed by atoms with van der Waals surface area (Å²) in [6, 6.07) is 0. The molecule has 0 N–H and O–H groups in total. The molecule has 0 atom stereocenters. The Morgan fingerprint density at radius 1 is 1.27 bits per heavy atom. The van der Waals surface area contributed by atoms with Crippen molar-refractivity contribution in [3.05, 3.63) is 20.3 Å². The van der Waals surface area contributed by atoms with E-state index in [0.717, 1.165) is 0 Å². The first-order valence-electron chi connectivity index (χ1n) is 3.33. The highest BCUT2D eigenvalue weighted by molar-refractivity contribution is 9.11. The largest absolute Gasteiger partial charge is 0.142 e. The summed E-state index contributed by atoms with van der Waals surface area (Å²) in [4.78, 5) is 0. The van der Waals surface area contributed by atoms with Crippen molar-refractivity contribution < 1.29 is 0 Å². The Morgan fingerprint density at radius 2 is 2.00 bits per heavy atom. The average Bonchev–Trinajstić information content (AvgIpc) is 2.43. The molecule has 2 aromatic heterocycles. The lowest BCUT2D eigenvalue weighted by atomic mass is 10.3. The first-order chi connectivity index (χ1) is 5.20. The molecule has 0 aliphatic rings. The Labute approximate surface area is 82.0 Å². The lowest BCUT2D eigenvalue weighted by Crippen LogP contribution is -1.58. The third kappa shape index (κ3) is 1.06. The monoisotopic (exact) mass is 246 g/mol. The van der Waals surface area contributed by atoms with Gasteiger partial charge in [-0.05, 0) is 46.3 Å². The van der Waals surface area contributed by atoms with E-state index in [0.29, 0.717) is 0 Å². The molecule has 0 fully saturated rings. The number of hydrogen-bond acceptors (Lipinski definition) is 2. The summed E-state index contributed by atoms with van der Waals surface area (Å²) in [7, 11) is 0. The van der Waals surface area contributed by atoms with Crippen molar-refractivity contribution >= 4 is 48.0 Å². The van der Waals surface area contributed by atoms with Crippen molar-refractivity contribution in [2.24, 2.45) is 0 Å². The molecule has 0 saturated heterocycles. The van der Waals surface area contributed by atoms with Crippen LogP contribution in [0.1, 0.15) is 11.1 Å². The quantitative estimate of drug-likeness (QED) is 0.649. The first-order valence-corrected chi connectivity index (χ1v) is 5.81. The van der Waals surface area contributed by atoms with Crippen molar-refractivity contribution in [1.82, 2.24) is 0 Å². The summed E-state index contributed by atoms with van der Waals surface area (Å²) in [5.41, 5.74) is 2.80. The standard InChI is InChI=1S/C8H7BrS2/c1-4-3-10-7-5(2)8(9)11-6(4)7/h3H,1-2H3. The highest BCUT2D eigenvalue weighted by Gasteiger charge is 2.08. The minimum Gasteiger partial charge on any atom is -0.142 e. The zero-order chi connectivity index (χ0) is 8.01. The number of halogens is 1. The number of thiophene rings is 2. The van der Waals surface area contributed by atoms with Crippen molar-refractivity contribution in [3.63, 3.8) is 0 Å². The van der Waals surface area contributed by atoms with Crippen LogP contribution in [0.3, 0.4) is 0 Å². The molecule has 0 saturated carbocycles. The van der Waals surface area contributed by atoms with E-state index >= 15 is 0 Å². The molecule has 0 unspecified atom stereocenters. The Bertz CT molecular complexity index is 397. The molecule has 0 amide bonds. The predicted molar refractivity (Wildman–Crippen MR) is 56.9 cm³/mol. The Kier molecular flexibility index (Phi) is 1.82. The summed E-state index contributed by atoms with van der Waals surface area (Å²) in [5, 5.41) is 2.22. The fourth-order valence-corrected chi connectivity index (χ4v) is 4.16. The van der Waals surface area contributed by atoms with Gasteiger partial charge in [0, 0.05) is 9.40 Å². The second-order valence-corrected chi connectivity index (χ2v) is 5.80. The van der Waals surface area contributed by atoms with Gasteiger partial charge in [0.15, 0.2) is 0 Å². The molecule has 0 nitrogen and oxygen atoms in total. The summed E-state index contributed by atoms with van der Waals surface area (Å²) < 4.78 is 4.17. The second kappa shape index (κ2) is 2.57. The topological polar surface area (TPSA) is 0 Å². The van der Waals surface area contributed by atoms with Gasteiger partial charge in [0.25, 0.3) is 0 Å². The maximum Gasteiger partial charge on any atom is 0.0748 e. The average molecular weight is 247 g/mol. The molecule has 2 heterocycles. The van der Waals surface area contributed by atoms with E-state index in [4.69, 9.17) is 0 Å². The molecule has 11 heavy (non-hydrogen) atoms. The molecule has 0 spiro atoms. The van der Waals surface area contributed by atoms with Crippen LogP contribution in [0.4, 0.5) is 0 Å². The highest BCUT2D eigenvalue weighted by Crippen LogP contribution is 2.40. The fraction of sp³-hybridized carbons (Fsp3) is 0.250. The molecule has 0 aliphatic carbocycles. The zero-order valence-corrected chi connectivity index (χ0v) is 9.49. The number of fused-ring (bicyclic) bond motifs is 1. The van der Waals surface area contributed by atoms with Crippen molar-refractivity contribution in [2.75, 3.05) is 0 Å². The maximum absolute atomic E-state index is 3.55. The van der Waals surface area contributed by atoms with E-state index in [9.17, 15) is 0 Å². The van der Waals surface area contributed by atoms with Gasteiger partial charge >= 0.3 is 0 Å². The Balaban J connectivity index is 2.93. The van der Waals surface area contributed by atoms with Crippen molar-refractivity contribution in [3.8, 4) is 0 Å². The SMILES string of the molecule is Cc1csc2c(C)c(Br)sc12. The summed E-state index contributed by atoms with van der Waals surface area (Å²) >= 11 is 7.23. The van der Waals surface area contributed by atoms with Gasteiger partial charge in [-0.1, -0.05) is 0 Å². The van der Waals surface area contributed by atoms with Crippen LogP contribution in [0.2, 0.25) is 0 Å². The minimum atomic E-state index is 1.28. The van der Waals surface area contributed by atoms with Gasteiger partial charge in [-0.2, -0.15) is 0 Å². The normalized spacial score (nSPS) is 11.2. The lowest BCUT2D eigenvalue weighted by molar-refractivity contribution is 1.59. The zero-order valence-electron chi connectivity index (χ0n) is 6.27. The highest BCUT2D eigenvalue weighted by atomic mass is 79.9. The third-order valence-electron chi connectivity index (χ3n) is 1.75. The van der Waals surface area contributed by atoms with Gasteiger partial charge in [0.2, 0.25) is 0 Å². The van der Waals surface area contributed by atoms with Crippen molar-refractivity contribution in [1.29, 1.82) is 0 Å². The molecule has 3 heteroatoms. The van der Waals surface area contributed by atoms with E-state index in [1.54, 1.807) is 0 Å². The van der Waals surface area contributed by atoms with Crippen LogP contribution in [-0.2, 0) is 0 Å². The van der Waals surface area contributed by atoms with E-state index in [1.807, 2.05) is 22.7 Å². The molecule has 0 radical (unpaired) electrons. The van der Waals surface area contributed by atoms with E-state index < -0.39 is 0 Å². The van der Waals surface area contributed by atoms with Gasteiger partial charge in [-0.3, -0.25) is 0 Å². The maximum atomic E-state index is 3.55. The van der Waals surface area contributed by atoms with Gasteiger partial charge in [-0.15, -0.1) is 22.7 Å². The third-order valence-corrected chi connectivity index (χ3v) is 5.39. The number of hydrogen-bond donors (Lipinski definition) is 0. The van der Waals surface area contributed by atoms with E-state index in [1.165, 1.54) is 24.3 Å². The number of rotatable bonds is 0.